The van der Waals surface area contributed by atoms with Crippen LogP contribution in [0.3, 0.4) is 0 Å². The summed E-state index contributed by atoms with van der Waals surface area (Å²) in [7, 11) is 1.56. The molecule has 0 fully saturated rings. The molecule has 0 saturated carbocycles. The summed E-state index contributed by atoms with van der Waals surface area (Å²) < 4.78 is 4.89. The van der Waals surface area contributed by atoms with E-state index >= 15 is 0 Å². The van der Waals surface area contributed by atoms with E-state index in [-0.39, 0.29) is 12.6 Å². The van der Waals surface area contributed by atoms with E-state index in [0.717, 1.165) is 0 Å². The topological polar surface area (TPSA) is 70.1 Å². The lowest BCUT2D eigenvalue weighted by atomic mass is 10.4. The molecule has 2 amide bonds. The summed E-state index contributed by atoms with van der Waals surface area (Å²) in [5.74, 6) is -1.00. The van der Waals surface area contributed by atoms with Crippen LogP contribution in [0, 0.1) is 0 Å². The van der Waals surface area contributed by atoms with E-state index in [1.54, 1.807) is 18.9 Å². The first-order valence-electron chi connectivity index (χ1n) is 5.31. The molecule has 0 radical (unpaired) electrons. The lowest BCUT2D eigenvalue weighted by Crippen LogP contribution is -2.46. The van der Waals surface area contributed by atoms with E-state index in [9.17, 15) is 9.59 Å². The number of hydrogen-bond donors (Lipinski definition) is 1. The second-order valence-electron chi connectivity index (χ2n) is 3.26. The number of hydrogen-bond acceptors (Lipinski definition) is 3. The molecule has 0 aliphatic rings. The first-order chi connectivity index (χ1) is 7.56. The maximum Gasteiger partial charge on any atom is 0.323 e. The predicted molar refractivity (Wildman–Crippen MR) is 59.4 cm³/mol. The van der Waals surface area contributed by atoms with E-state index in [1.807, 2.05) is 6.92 Å². The Balaban J connectivity index is 4.37. The highest BCUT2D eigenvalue weighted by Crippen LogP contribution is 1.99. The Labute approximate surface area is 95.8 Å². The number of amides is 2. The molecule has 0 unspecified atom stereocenters. The number of likely N-dealkylation sites (N-methyl/N-ethyl adjacent to an activating group) is 2. The van der Waals surface area contributed by atoms with Gasteiger partial charge >= 0.3 is 12.0 Å². The molecule has 0 spiro atoms. The van der Waals surface area contributed by atoms with E-state index in [0.29, 0.717) is 26.2 Å². The zero-order chi connectivity index (χ0) is 12.6. The number of carbonyl (C=O) groups is 2. The van der Waals surface area contributed by atoms with Gasteiger partial charge in [0.25, 0.3) is 0 Å². The summed E-state index contributed by atoms with van der Waals surface area (Å²) in [6.45, 7) is 5.19. The van der Waals surface area contributed by atoms with Gasteiger partial charge in [0.15, 0.2) is 0 Å². The molecule has 0 bridgehead atoms. The molecule has 0 saturated heterocycles. The summed E-state index contributed by atoms with van der Waals surface area (Å²) in [6.07, 6.45) is 0. The van der Waals surface area contributed by atoms with Crippen LogP contribution in [-0.4, -0.2) is 66.8 Å². The van der Waals surface area contributed by atoms with Gasteiger partial charge in [-0.25, -0.2) is 4.79 Å². The highest BCUT2D eigenvalue weighted by molar-refractivity contribution is 5.80. The van der Waals surface area contributed by atoms with Gasteiger partial charge in [-0.3, -0.25) is 4.79 Å². The molecule has 0 aromatic rings. The highest BCUT2D eigenvalue weighted by Gasteiger charge is 2.19. The minimum atomic E-state index is -1.00. The van der Waals surface area contributed by atoms with Crippen LogP contribution in [0.1, 0.15) is 13.8 Å². The molecule has 0 heterocycles. The largest absolute Gasteiger partial charge is 0.480 e. The number of ether oxygens (including phenoxy) is 1. The quantitative estimate of drug-likeness (QED) is 0.693. The van der Waals surface area contributed by atoms with Gasteiger partial charge in [-0.05, 0) is 13.8 Å². The van der Waals surface area contributed by atoms with Crippen LogP contribution in [0.5, 0.6) is 0 Å². The number of methoxy groups -OCH3 is 1. The van der Waals surface area contributed by atoms with Crippen LogP contribution in [0.15, 0.2) is 0 Å². The van der Waals surface area contributed by atoms with Crippen molar-refractivity contribution in [3.05, 3.63) is 0 Å². The van der Waals surface area contributed by atoms with Crippen molar-refractivity contribution in [1.82, 2.24) is 9.80 Å². The van der Waals surface area contributed by atoms with Crippen molar-refractivity contribution in [3.8, 4) is 0 Å². The maximum absolute atomic E-state index is 11.9. The lowest BCUT2D eigenvalue weighted by molar-refractivity contribution is -0.137. The van der Waals surface area contributed by atoms with E-state index in [1.165, 1.54) is 4.90 Å². The third-order valence-electron chi connectivity index (χ3n) is 2.20. The van der Waals surface area contributed by atoms with Crippen LogP contribution < -0.4 is 0 Å². The molecule has 0 aromatic heterocycles. The first kappa shape index (κ1) is 14.7. The zero-order valence-electron chi connectivity index (χ0n) is 10.1. The Morgan fingerprint density at radius 3 is 2.12 bits per heavy atom. The van der Waals surface area contributed by atoms with Gasteiger partial charge in [0.2, 0.25) is 0 Å². The second kappa shape index (κ2) is 7.92. The predicted octanol–water partition coefficient (Wildman–Crippen LogP) is 0.481. The zero-order valence-corrected chi connectivity index (χ0v) is 10.1. The lowest BCUT2D eigenvalue weighted by Gasteiger charge is -2.27. The Kier molecular flexibility index (Phi) is 7.28. The van der Waals surface area contributed by atoms with Crippen LogP contribution in [0.25, 0.3) is 0 Å². The number of carboxylic acids is 1. The smallest absolute Gasteiger partial charge is 0.323 e. The van der Waals surface area contributed by atoms with E-state index < -0.39 is 5.97 Å². The normalized spacial score (nSPS) is 9.94. The number of carboxylic acid groups (broad SMARTS) is 1. The van der Waals surface area contributed by atoms with Crippen molar-refractivity contribution >= 4 is 12.0 Å². The summed E-state index contributed by atoms with van der Waals surface area (Å²) in [5.41, 5.74) is 0. The molecule has 16 heavy (non-hydrogen) atoms. The number of rotatable bonds is 7. The van der Waals surface area contributed by atoms with Crippen LogP contribution in [0.2, 0.25) is 0 Å². The summed E-state index contributed by atoms with van der Waals surface area (Å²) in [6, 6.07) is -0.260. The monoisotopic (exact) mass is 232 g/mol. The Bertz CT molecular complexity index is 233. The van der Waals surface area contributed by atoms with Crippen molar-refractivity contribution in [1.29, 1.82) is 0 Å². The summed E-state index contributed by atoms with van der Waals surface area (Å²) in [5, 5.41) is 8.66. The van der Waals surface area contributed by atoms with Crippen LogP contribution in [-0.2, 0) is 9.53 Å². The molecule has 0 atom stereocenters. The number of aliphatic carboxylic acids is 1. The van der Waals surface area contributed by atoms with Crippen molar-refractivity contribution in [2.24, 2.45) is 0 Å². The Morgan fingerprint density at radius 1 is 1.19 bits per heavy atom. The fourth-order valence-corrected chi connectivity index (χ4v) is 1.27. The third kappa shape index (κ3) is 4.97. The van der Waals surface area contributed by atoms with E-state index in [4.69, 9.17) is 9.84 Å². The number of nitrogens with zero attached hydrogens (tertiary/aromatic N) is 2. The van der Waals surface area contributed by atoms with Gasteiger partial charge < -0.3 is 19.6 Å². The fourth-order valence-electron chi connectivity index (χ4n) is 1.27. The van der Waals surface area contributed by atoms with Crippen molar-refractivity contribution in [2.75, 3.05) is 39.9 Å². The highest BCUT2D eigenvalue weighted by atomic mass is 16.5. The SMILES string of the molecule is CCN(CCOC)C(=O)N(CC)CC(=O)O. The van der Waals surface area contributed by atoms with Crippen molar-refractivity contribution in [2.45, 2.75) is 13.8 Å². The molecule has 0 aliphatic heterocycles. The van der Waals surface area contributed by atoms with Crippen molar-refractivity contribution in [3.63, 3.8) is 0 Å². The van der Waals surface area contributed by atoms with Crippen LogP contribution in [0.4, 0.5) is 4.79 Å². The Morgan fingerprint density at radius 2 is 1.75 bits per heavy atom. The third-order valence-corrected chi connectivity index (χ3v) is 2.20. The minimum Gasteiger partial charge on any atom is -0.480 e. The fraction of sp³-hybridized carbons (Fsp3) is 0.800. The molecule has 1 N–H and O–H groups in total. The Hall–Kier alpha value is -1.30. The molecule has 0 rings (SSSR count). The van der Waals surface area contributed by atoms with Gasteiger partial charge in [-0.2, -0.15) is 0 Å². The van der Waals surface area contributed by atoms with Crippen molar-refractivity contribution < 1.29 is 19.4 Å². The minimum absolute atomic E-state index is 0.260. The molecule has 94 valence electrons. The van der Waals surface area contributed by atoms with Crippen LogP contribution >= 0.6 is 0 Å². The van der Waals surface area contributed by atoms with Gasteiger partial charge in [0.1, 0.15) is 6.54 Å². The molecular formula is C10H20N2O4. The standard InChI is InChI=1S/C10H20N2O4/c1-4-11(6-7-16-3)10(15)12(5-2)8-9(13)14/h4-8H2,1-3H3,(H,13,14). The van der Waals surface area contributed by atoms with Gasteiger partial charge in [0.05, 0.1) is 6.61 Å². The molecule has 0 aromatic carbocycles. The summed E-state index contributed by atoms with van der Waals surface area (Å²) in [4.78, 5) is 25.3. The molecule has 6 heteroatoms. The van der Waals surface area contributed by atoms with Gasteiger partial charge in [0, 0.05) is 26.7 Å². The molecule has 0 aliphatic carbocycles. The molecule has 6 nitrogen and oxygen atoms in total. The second-order valence-corrected chi connectivity index (χ2v) is 3.26. The van der Waals surface area contributed by atoms with Gasteiger partial charge in [-0.1, -0.05) is 0 Å². The average Bonchev–Trinajstić information content (AvgIpc) is 2.26. The number of carbonyl (C=O) groups excluding carboxylic acids is 1. The first-order valence-corrected chi connectivity index (χ1v) is 5.31. The average molecular weight is 232 g/mol. The number of urea groups is 1. The summed E-state index contributed by atoms with van der Waals surface area (Å²) >= 11 is 0. The molecular weight excluding hydrogens is 212 g/mol. The van der Waals surface area contributed by atoms with Gasteiger partial charge in [-0.15, -0.1) is 0 Å². The maximum atomic E-state index is 11.9. The van der Waals surface area contributed by atoms with E-state index in [2.05, 4.69) is 0 Å².